The first-order valence-electron chi connectivity index (χ1n) is 7.32. The second-order valence-electron chi connectivity index (χ2n) is 5.42. The second kappa shape index (κ2) is 5.21. The van der Waals surface area contributed by atoms with E-state index in [1.807, 2.05) is 49.4 Å². The minimum absolute atomic E-state index is 0.170. The lowest BCUT2D eigenvalue weighted by Gasteiger charge is -2.05. The van der Waals surface area contributed by atoms with Gasteiger partial charge in [0, 0.05) is 12.3 Å². The number of nitrogens with one attached hydrogen (secondary N) is 1. The van der Waals surface area contributed by atoms with E-state index in [1.165, 1.54) is 10.1 Å². The van der Waals surface area contributed by atoms with Gasteiger partial charge in [-0.15, -0.1) is 0 Å². The number of pyridine rings is 1. The lowest BCUT2D eigenvalue weighted by molar-refractivity contribution is 0.901. The molecule has 23 heavy (non-hydrogen) atoms. The molecule has 3 aromatic heterocycles. The first kappa shape index (κ1) is 13.5. The highest BCUT2D eigenvalue weighted by atomic mass is 16.1. The smallest absolute Gasteiger partial charge is 0.274 e. The quantitative estimate of drug-likeness (QED) is 0.619. The van der Waals surface area contributed by atoms with Crippen LogP contribution in [-0.4, -0.2) is 19.6 Å². The fourth-order valence-electron chi connectivity index (χ4n) is 2.58. The Morgan fingerprint density at radius 2 is 1.91 bits per heavy atom. The number of aromatic amines is 1. The van der Waals surface area contributed by atoms with Crippen LogP contribution in [0.2, 0.25) is 0 Å². The van der Waals surface area contributed by atoms with Crippen LogP contribution < -0.4 is 5.56 Å². The Morgan fingerprint density at radius 1 is 1.09 bits per heavy atom. The van der Waals surface area contributed by atoms with Crippen LogP contribution >= 0.6 is 0 Å². The van der Waals surface area contributed by atoms with E-state index in [-0.39, 0.29) is 5.56 Å². The van der Waals surface area contributed by atoms with Gasteiger partial charge in [-0.05, 0) is 24.6 Å². The van der Waals surface area contributed by atoms with Gasteiger partial charge in [0.1, 0.15) is 5.65 Å². The molecule has 0 unspecified atom stereocenters. The van der Waals surface area contributed by atoms with Crippen LogP contribution in [0.25, 0.3) is 28.2 Å². The van der Waals surface area contributed by atoms with Crippen LogP contribution in [0.5, 0.6) is 0 Å². The van der Waals surface area contributed by atoms with Crippen LogP contribution in [0.4, 0.5) is 0 Å². The third-order valence-corrected chi connectivity index (χ3v) is 3.80. The van der Waals surface area contributed by atoms with Gasteiger partial charge in [-0.1, -0.05) is 35.9 Å². The molecule has 0 radical (unpaired) electrons. The molecule has 112 valence electrons. The molecule has 0 atom stereocenters. The first-order chi connectivity index (χ1) is 11.2. The number of H-pyrrole nitrogens is 1. The SMILES string of the molecule is Cc1ccc(-c2cc(=O)n3ncc(-c4ccccn4)c3[nH]2)cc1. The summed E-state index contributed by atoms with van der Waals surface area (Å²) in [5, 5.41) is 4.18. The topological polar surface area (TPSA) is 63.1 Å². The second-order valence-corrected chi connectivity index (χ2v) is 5.42. The maximum absolute atomic E-state index is 12.3. The minimum atomic E-state index is -0.170. The van der Waals surface area contributed by atoms with Crippen molar-refractivity contribution in [3.05, 3.63) is 76.8 Å². The van der Waals surface area contributed by atoms with E-state index in [2.05, 4.69) is 15.1 Å². The fourth-order valence-corrected chi connectivity index (χ4v) is 2.58. The molecule has 1 N–H and O–H groups in total. The number of aryl methyl sites for hydroxylation is 1. The van der Waals surface area contributed by atoms with Crippen molar-refractivity contribution in [3.63, 3.8) is 0 Å². The van der Waals surface area contributed by atoms with Crippen molar-refractivity contribution >= 4 is 5.65 Å². The lowest BCUT2D eigenvalue weighted by Crippen LogP contribution is -2.14. The molecular formula is C18H14N4O. The van der Waals surface area contributed by atoms with Gasteiger partial charge in [0.2, 0.25) is 0 Å². The molecule has 0 saturated carbocycles. The molecule has 4 aromatic rings. The molecular weight excluding hydrogens is 288 g/mol. The predicted molar refractivity (Wildman–Crippen MR) is 89.2 cm³/mol. The first-order valence-corrected chi connectivity index (χ1v) is 7.32. The standard InChI is InChI=1S/C18H14N4O/c1-12-5-7-13(8-6-12)16-10-17(23)22-18(21-16)14(11-20-22)15-4-2-3-9-19-15/h2-11,21H,1H3. The molecule has 1 aromatic carbocycles. The molecule has 0 saturated heterocycles. The van der Waals surface area contributed by atoms with E-state index >= 15 is 0 Å². The van der Waals surface area contributed by atoms with Crippen LogP contribution in [0.15, 0.2) is 65.7 Å². The largest absolute Gasteiger partial charge is 0.339 e. The Kier molecular flexibility index (Phi) is 3.05. The molecule has 0 spiro atoms. The van der Waals surface area contributed by atoms with Gasteiger partial charge in [0.25, 0.3) is 5.56 Å². The average molecular weight is 302 g/mol. The summed E-state index contributed by atoms with van der Waals surface area (Å²) in [7, 11) is 0. The molecule has 3 heterocycles. The Morgan fingerprint density at radius 3 is 2.65 bits per heavy atom. The summed E-state index contributed by atoms with van der Waals surface area (Å²) in [6, 6.07) is 15.3. The van der Waals surface area contributed by atoms with Gasteiger partial charge >= 0.3 is 0 Å². The normalized spacial score (nSPS) is 11.0. The zero-order valence-electron chi connectivity index (χ0n) is 12.5. The average Bonchev–Trinajstić information content (AvgIpc) is 3.01. The maximum Gasteiger partial charge on any atom is 0.274 e. The van der Waals surface area contributed by atoms with Crippen molar-refractivity contribution in [3.8, 4) is 22.5 Å². The van der Waals surface area contributed by atoms with E-state index in [4.69, 9.17) is 0 Å². The summed E-state index contributed by atoms with van der Waals surface area (Å²) in [6.45, 7) is 2.03. The highest BCUT2D eigenvalue weighted by Gasteiger charge is 2.12. The summed E-state index contributed by atoms with van der Waals surface area (Å²) < 4.78 is 1.36. The Labute approximate surface area is 132 Å². The van der Waals surface area contributed by atoms with Gasteiger partial charge in [-0.3, -0.25) is 9.78 Å². The Bertz CT molecular complexity index is 1030. The molecule has 0 aliphatic carbocycles. The van der Waals surface area contributed by atoms with Crippen molar-refractivity contribution in [1.29, 1.82) is 0 Å². The molecule has 0 bridgehead atoms. The molecule has 0 aliphatic heterocycles. The van der Waals surface area contributed by atoms with E-state index < -0.39 is 0 Å². The maximum atomic E-state index is 12.3. The van der Waals surface area contributed by atoms with Crippen molar-refractivity contribution in [2.24, 2.45) is 0 Å². The summed E-state index contributed by atoms with van der Waals surface area (Å²) in [4.78, 5) is 20.0. The Balaban J connectivity index is 1.95. The van der Waals surface area contributed by atoms with E-state index in [0.717, 1.165) is 22.5 Å². The van der Waals surface area contributed by atoms with Gasteiger partial charge in [-0.25, -0.2) is 0 Å². The molecule has 0 aliphatic rings. The zero-order valence-corrected chi connectivity index (χ0v) is 12.5. The number of aromatic nitrogens is 4. The number of hydrogen-bond acceptors (Lipinski definition) is 3. The monoisotopic (exact) mass is 302 g/mol. The zero-order chi connectivity index (χ0) is 15.8. The van der Waals surface area contributed by atoms with Crippen molar-refractivity contribution in [1.82, 2.24) is 19.6 Å². The highest BCUT2D eigenvalue weighted by Crippen LogP contribution is 2.23. The van der Waals surface area contributed by atoms with Crippen LogP contribution in [0, 0.1) is 6.92 Å². The van der Waals surface area contributed by atoms with Gasteiger partial charge in [-0.2, -0.15) is 9.61 Å². The number of nitrogens with zero attached hydrogens (tertiary/aromatic N) is 3. The van der Waals surface area contributed by atoms with Crippen LogP contribution in [0.1, 0.15) is 5.56 Å². The van der Waals surface area contributed by atoms with Crippen molar-refractivity contribution in [2.75, 3.05) is 0 Å². The third-order valence-electron chi connectivity index (χ3n) is 3.80. The lowest BCUT2D eigenvalue weighted by atomic mass is 10.1. The Hall–Kier alpha value is -3.21. The number of benzene rings is 1. The minimum Gasteiger partial charge on any atom is -0.339 e. The third kappa shape index (κ3) is 2.32. The number of hydrogen-bond donors (Lipinski definition) is 1. The summed E-state index contributed by atoms with van der Waals surface area (Å²) in [5.41, 5.74) is 4.96. The van der Waals surface area contributed by atoms with Crippen molar-refractivity contribution in [2.45, 2.75) is 6.92 Å². The molecule has 5 nitrogen and oxygen atoms in total. The van der Waals surface area contributed by atoms with Gasteiger partial charge < -0.3 is 4.98 Å². The van der Waals surface area contributed by atoms with E-state index in [9.17, 15) is 4.79 Å². The summed E-state index contributed by atoms with van der Waals surface area (Å²) in [6.07, 6.45) is 3.38. The fraction of sp³-hybridized carbons (Fsp3) is 0.0556. The van der Waals surface area contributed by atoms with Gasteiger partial charge in [0.15, 0.2) is 0 Å². The molecule has 0 amide bonds. The molecule has 4 rings (SSSR count). The molecule has 5 heteroatoms. The van der Waals surface area contributed by atoms with Crippen molar-refractivity contribution < 1.29 is 0 Å². The molecule has 0 fully saturated rings. The van der Waals surface area contributed by atoms with Crippen LogP contribution in [-0.2, 0) is 0 Å². The van der Waals surface area contributed by atoms with Crippen LogP contribution in [0.3, 0.4) is 0 Å². The number of fused-ring (bicyclic) bond motifs is 1. The summed E-state index contributed by atoms with van der Waals surface area (Å²) in [5.74, 6) is 0. The van der Waals surface area contributed by atoms with E-state index in [1.54, 1.807) is 18.5 Å². The highest BCUT2D eigenvalue weighted by molar-refractivity contribution is 5.76. The van der Waals surface area contributed by atoms with Gasteiger partial charge in [0.05, 0.1) is 23.1 Å². The number of rotatable bonds is 2. The predicted octanol–water partition coefficient (Wildman–Crippen LogP) is 3.06. The van der Waals surface area contributed by atoms with E-state index in [0.29, 0.717) is 5.65 Å². The summed E-state index contributed by atoms with van der Waals surface area (Å²) >= 11 is 0.